The maximum atomic E-state index is 11.3. The zero-order valence-corrected chi connectivity index (χ0v) is 10.3. The van der Waals surface area contributed by atoms with Crippen molar-refractivity contribution in [2.24, 2.45) is 0 Å². The van der Waals surface area contributed by atoms with Crippen molar-refractivity contribution in [3.8, 4) is 0 Å². The van der Waals surface area contributed by atoms with Crippen LogP contribution in [-0.4, -0.2) is 32.7 Å². The molecule has 0 amide bonds. The molecule has 0 aromatic carbocycles. The minimum absolute atomic E-state index is 0.130. The van der Waals surface area contributed by atoms with E-state index in [1.807, 2.05) is 0 Å². The van der Waals surface area contributed by atoms with Crippen molar-refractivity contribution in [1.29, 1.82) is 0 Å². The van der Waals surface area contributed by atoms with Crippen molar-refractivity contribution in [3.05, 3.63) is 22.7 Å². The van der Waals surface area contributed by atoms with Crippen LogP contribution in [0.1, 0.15) is 6.42 Å². The van der Waals surface area contributed by atoms with Gasteiger partial charge >= 0.3 is 13.3 Å². The van der Waals surface area contributed by atoms with Crippen molar-refractivity contribution >= 4 is 13.4 Å². The van der Waals surface area contributed by atoms with Crippen molar-refractivity contribution in [2.45, 2.75) is 13.0 Å². The highest BCUT2D eigenvalue weighted by molar-refractivity contribution is 7.52. The molecule has 1 aromatic rings. The molecule has 0 aliphatic carbocycles. The molecule has 0 aliphatic rings. The van der Waals surface area contributed by atoms with Crippen LogP contribution in [0.3, 0.4) is 0 Å². The molecule has 0 bridgehead atoms. The number of nitrogens with two attached hydrogens (primary N) is 1. The summed E-state index contributed by atoms with van der Waals surface area (Å²) in [6.45, 7) is 0.465. The van der Waals surface area contributed by atoms with Gasteiger partial charge in [-0.15, -0.1) is 0 Å². The van der Waals surface area contributed by atoms with Crippen molar-refractivity contribution in [2.75, 3.05) is 18.7 Å². The van der Waals surface area contributed by atoms with E-state index >= 15 is 0 Å². The molecule has 102 valence electrons. The zero-order valence-electron chi connectivity index (χ0n) is 9.43. The van der Waals surface area contributed by atoms with Crippen LogP contribution in [0.2, 0.25) is 0 Å². The fourth-order valence-corrected chi connectivity index (χ4v) is 1.56. The van der Waals surface area contributed by atoms with E-state index in [9.17, 15) is 9.36 Å². The van der Waals surface area contributed by atoms with E-state index in [1.165, 1.54) is 16.8 Å². The van der Waals surface area contributed by atoms with Gasteiger partial charge in [0.1, 0.15) is 5.82 Å². The van der Waals surface area contributed by atoms with Gasteiger partial charge in [0.15, 0.2) is 6.35 Å². The van der Waals surface area contributed by atoms with Gasteiger partial charge in [0, 0.05) is 19.3 Å². The molecular formula is C8H14N3O6P. The second-order valence-corrected chi connectivity index (χ2v) is 5.13. The third-order valence-electron chi connectivity index (χ3n) is 1.97. The molecule has 0 spiro atoms. The largest absolute Gasteiger partial charge is 0.383 e. The molecule has 18 heavy (non-hydrogen) atoms. The normalized spacial score (nSPS) is 14.3. The molecule has 0 radical (unpaired) electrons. The summed E-state index contributed by atoms with van der Waals surface area (Å²) in [6, 6.07) is 1.49. The fraction of sp³-hybridized carbons (Fsp3) is 0.500. The number of hydrogen-bond acceptors (Lipinski definition) is 7. The Morgan fingerprint density at radius 3 is 2.89 bits per heavy atom. The van der Waals surface area contributed by atoms with E-state index in [0.717, 1.165) is 0 Å². The smallest absolute Gasteiger partial charge is 0.380 e. The summed E-state index contributed by atoms with van der Waals surface area (Å²) in [7, 11) is -4.07. The Labute approximate surface area is 102 Å². The van der Waals surface area contributed by atoms with Gasteiger partial charge in [0.2, 0.25) is 0 Å². The van der Waals surface area contributed by atoms with E-state index in [0.29, 0.717) is 13.0 Å². The van der Waals surface area contributed by atoms with E-state index < -0.39 is 19.6 Å². The molecular weight excluding hydrogens is 265 g/mol. The highest BCUT2D eigenvalue weighted by atomic mass is 31.2. The lowest BCUT2D eigenvalue weighted by atomic mass is 10.4. The van der Waals surface area contributed by atoms with Crippen molar-refractivity contribution in [1.82, 2.24) is 9.55 Å². The van der Waals surface area contributed by atoms with Crippen molar-refractivity contribution in [3.63, 3.8) is 0 Å². The molecule has 1 rings (SSSR count). The molecule has 0 saturated carbocycles. The minimum atomic E-state index is -4.07. The molecule has 0 saturated heterocycles. The van der Waals surface area contributed by atoms with Gasteiger partial charge in [-0.25, -0.2) is 10.1 Å². The maximum Gasteiger partial charge on any atom is 0.380 e. The Balaban J connectivity index is 2.30. The molecule has 9 nitrogen and oxygen atoms in total. The topological polar surface area (TPSA) is 137 Å². The van der Waals surface area contributed by atoms with Crippen LogP contribution in [0.5, 0.6) is 0 Å². The molecule has 4 N–H and O–H groups in total. The second kappa shape index (κ2) is 6.62. The molecule has 10 heteroatoms. The van der Waals surface area contributed by atoms with Gasteiger partial charge in [0.25, 0.3) is 0 Å². The SMILES string of the molecule is Nc1ccn(CCCOCP(=O)(O)OO)c(=O)n1. The third kappa shape index (κ3) is 4.94. The Morgan fingerprint density at radius 1 is 1.56 bits per heavy atom. The van der Waals surface area contributed by atoms with Crippen LogP contribution in [0.4, 0.5) is 5.82 Å². The predicted molar refractivity (Wildman–Crippen MR) is 61.9 cm³/mol. The van der Waals surface area contributed by atoms with Gasteiger partial charge in [-0.2, -0.15) is 9.66 Å². The lowest BCUT2D eigenvalue weighted by Crippen LogP contribution is -2.23. The first kappa shape index (κ1) is 14.8. The summed E-state index contributed by atoms with van der Waals surface area (Å²) in [6.07, 6.45) is 1.31. The van der Waals surface area contributed by atoms with Crippen LogP contribution in [0, 0.1) is 0 Å². The van der Waals surface area contributed by atoms with Gasteiger partial charge in [-0.1, -0.05) is 0 Å². The number of nitrogen functional groups attached to an aromatic ring is 1. The lowest BCUT2D eigenvalue weighted by molar-refractivity contribution is -0.149. The number of ether oxygens (including phenoxy) is 1. The first-order valence-electron chi connectivity index (χ1n) is 5.00. The molecule has 1 heterocycles. The summed E-state index contributed by atoms with van der Waals surface area (Å²) >= 11 is 0. The average molecular weight is 279 g/mol. The third-order valence-corrected chi connectivity index (χ3v) is 2.73. The minimum Gasteiger partial charge on any atom is -0.383 e. The quantitative estimate of drug-likeness (QED) is 0.271. The zero-order chi connectivity index (χ0) is 13.6. The number of nitrogens with zero attached hydrogens (tertiary/aromatic N) is 2. The van der Waals surface area contributed by atoms with Gasteiger partial charge in [-0.3, -0.25) is 9.13 Å². The Kier molecular flexibility index (Phi) is 5.45. The number of anilines is 1. The summed E-state index contributed by atoms with van der Waals surface area (Å²) in [5.74, 6) is 0.147. The molecule has 1 aromatic heterocycles. The number of aryl methyl sites for hydroxylation is 1. The first-order chi connectivity index (χ1) is 8.44. The Bertz CT molecular complexity index is 490. The van der Waals surface area contributed by atoms with E-state index in [2.05, 4.69) is 9.66 Å². The van der Waals surface area contributed by atoms with Crippen LogP contribution in [-0.2, 0) is 20.5 Å². The summed E-state index contributed by atoms with van der Waals surface area (Å²) in [5, 5.41) is 8.03. The van der Waals surface area contributed by atoms with E-state index in [4.69, 9.17) is 20.6 Å². The molecule has 0 fully saturated rings. The Hall–Kier alpha value is -1.25. The Morgan fingerprint density at radius 2 is 2.28 bits per heavy atom. The van der Waals surface area contributed by atoms with Crippen LogP contribution in [0.25, 0.3) is 0 Å². The molecule has 1 atom stereocenters. The monoisotopic (exact) mass is 279 g/mol. The number of hydrogen-bond donors (Lipinski definition) is 3. The summed E-state index contributed by atoms with van der Waals surface area (Å²) < 4.78 is 20.3. The fourth-order valence-electron chi connectivity index (χ4n) is 1.15. The maximum absolute atomic E-state index is 11.3. The highest BCUT2D eigenvalue weighted by Gasteiger charge is 2.18. The van der Waals surface area contributed by atoms with Gasteiger partial charge < -0.3 is 15.4 Å². The van der Waals surface area contributed by atoms with Crippen molar-refractivity contribution < 1.29 is 24.1 Å². The first-order valence-corrected chi connectivity index (χ1v) is 6.76. The summed E-state index contributed by atoms with van der Waals surface area (Å²) in [5.41, 5.74) is 4.85. The highest BCUT2D eigenvalue weighted by Crippen LogP contribution is 2.39. The van der Waals surface area contributed by atoms with Crippen LogP contribution in [0.15, 0.2) is 17.1 Å². The predicted octanol–water partition coefficient (Wildman–Crippen LogP) is -0.135. The summed E-state index contributed by atoms with van der Waals surface area (Å²) in [4.78, 5) is 23.6. The van der Waals surface area contributed by atoms with Crippen LogP contribution >= 0.6 is 7.60 Å². The van der Waals surface area contributed by atoms with Gasteiger partial charge in [-0.05, 0) is 12.5 Å². The van der Waals surface area contributed by atoms with Crippen LogP contribution < -0.4 is 11.4 Å². The second-order valence-electron chi connectivity index (χ2n) is 3.44. The standard InChI is InChI=1S/C8H14N3O6P/c9-7-2-4-11(8(12)10-7)3-1-5-16-6-18(14,15)17-13/h2,4,13H,1,3,5-6H2,(H,14,15)(H2,9,10,12). The molecule has 0 aliphatic heterocycles. The van der Waals surface area contributed by atoms with Gasteiger partial charge in [0.05, 0.1) is 0 Å². The number of rotatable bonds is 7. The average Bonchev–Trinajstić information content (AvgIpc) is 2.31. The number of aromatic nitrogens is 2. The van der Waals surface area contributed by atoms with E-state index in [1.54, 1.807) is 0 Å². The lowest BCUT2D eigenvalue weighted by Gasteiger charge is -2.08. The molecule has 1 unspecified atom stereocenters. The van der Waals surface area contributed by atoms with E-state index in [-0.39, 0.29) is 12.4 Å².